The molecule has 0 unspecified atom stereocenters. The van der Waals surface area contributed by atoms with Crippen molar-refractivity contribution in [3.63, 3.8) is 0 Å². The van der Waals surface area contributed by atoms with Crippen LogP contribution in [0.15, 0.2) is 41.5 Å². The van der Waals surface area contributed by atoms with Gasteiger partial charge in [0.2, 0.25) is 0 Å². The van der Waals surface area contributed by atoms with Gasteiger partial charge in [0.15, 0.2) is 17.5 Å². The summed E-state index contributed by atoms with van der Waals surface area (Å²) in [6, 6.07) is 7.69. The van der Waals surface area contributed by atoms with Gasteiger partial charge in [-0.2, -0.15) is 8.78 Å². The molecular weight excluding hydrogens is 361 g/mol. The van der Waals surface area contributed by atoms with Gasteiger partial charge in [0.1, 0.15) is 5.82 Å². The third kappa shape index (κ3) is 6.05. The Morgan fingerprint density at radius 1 is 1.19 bits per heavy atom. The molecule has 0 aliphatic rings. The summed E-state index contributed by atoms with van der Waals surface area (Å²) >= 11 is 0. The maximum atomic E-state index is 13.6. The van der Waals surface area contributed by atoms with Gasteiger partial charge in [0, 0.05) is 25.4 Å². The number of para-hydroxylation sites is 1. The van der Waals surface area contributed by atoms with E-state index in [1.54, 1.807) is 25.1 Å². The lowest BCUT2D eigenvalue weighted by Gasteiger charge is -2.17. The molecule has 2 rings (SSSR count). The first-order valence-electron chi connectivity index (χ1n) is 8.28. The van der Waals surface area contributed by atoms with Crippen LogP contribution in [-0.4, -0.2) is 31.2 Å². The van der Waals surface area contributed by atoms with Crippen LogP contribution in [0.1, 0.15) is 18.2 Å². The number of nitrogens with one attached hydrogen (secondary N) is 2. The highest BCUT2D eigenvalue weighted by molar-refractivity contribution is 5.79. The van der Waals surface area contributed by atoms with Crippen LogP contribution in [0.4, 0.5) is 13.2 Å². The molecule has 0 saturated heterocycles. The molecule has 0 fully saturated rings. The molecule has 0 atom stereocenters. The number of benzene rings is 1. The van der Waals surface area contributed by atoms with Gasteiger partial charge in [-0.3, -0.25) is 9.98 Å². The van der Waals surface area contributed by atoms with E-state index in [0.29, 0.717) is 18.1 Å². The van der Waals surface area contributed by atoms with Crippen LogP contribution in [0.2, 0.25) is 0 Å². The molecule has 2 N–H and O–H groups in total. The van der Waals surface area contributed by atoms with E-state index in [-0.39, 0.29) is 30.3 Å². The first kappa shape index (κ1) is 20.3. The molecule has 0 bridgehead atoms. The van der Waals surface area contributed by atoms with Crippen molar-refractivity contribution in [2.75, 3.05) is 13.7 Å². The lowest BCUT2D eigenvalue weighted by atomic mass is 10.2. The Hall–Kier alpha value is -2.97. The second-order valence-corrected chi connectivity index (χ2v) is 5.27. The van der Waals surface area contributed by atoms with Gasteiger partial charge in [0.05, 0.1) is 18.8 Å². The van der Waals surface area contributed by atoms with Crippen molar-refractivity contribution in [3.8, 4) is 11.5 Å². The van der Waals surface area contributed by atoms with E-state index in [9.17, 15) is 13.2 Å². The van der Waals surface area contributed by atoms with Crippen LogP contribution in [-0.2, 0) is 13.1 Å². The molecule has 0 spiro atoms. The van der Waals surface area contributed by atoms with Gasteiger partial charge in [0.25, 0.3) is 0 Å². The van der Waals surface area contributed by atoms with Crippen LogP contribution >= 0.6 is 0 Å². The minimum atomic E-state index is -2.98. The minimum Gasteiger partial charge on any atom is -0.490 e. The van der Waals surface area contributed by atoms with Crippen molar-refractivity contribution in [1.82, 2.24) is 15.6 Å². The van der Waals surface area contributed by atoms with Crippen LogP contribution in [0.25, 0.3) is 0 Å². The van der Waals surface area contributed by atoms with Crippen LogP contribution in [0.3, 0.4) is 0 Å². The predicted octanol–water partition coefficient (Wildman–Crippen LogP) is 3.09. The maximum Gasteiger partial charge on any atom is 0.387 e. The van der Waals surface area contributed by atoms with E-state index in [0.717, 1.165) is 0 Å². The van der Waals surface area contributed by atoms with Gasteiger partial charge in [-0.05, 0) is 25.1 Å². The summed E-state index contributed by atoms with van der Waals surface area (Å²) in [5.74, 6) is 0.117. The van der Waals surface area contributed by atoms with E-state index in [4.69, 9.17) is 4.74 Å². The Morgan fingerprint density at radius 2 is 1.96 bits per heavy atom. The van der Waals surface area contributed by atoms with Crippen molar-refractivity contribution in [1.29, 1.82) is 0 Å². The van der Waals surface area contributed by atoms with Crippen molar-refractivity contribution in [2.24, 2.45) is 4.99 Å². The monoisotopic (exact) mass is 382 g/mol. The summed E-state index contributed by atoms with van der Waals surface area (Å²) in [5, 5.41) is 5.88. The Labute approximate surface area is 155 Å². The Balaban J connectivity index is 2.05. The smallest absolute Gasteiger partial charge is 0.387 e. The molecule has 1 heterocycles. The topological polar surface area (TPSA) is 67.8 Å². The van der Waals surface area contributed by atoms with E-state index >= 15 is 0 Å². The van der Waals surface area contributed by atoms with Crippen LogP contribution in [0, 0.1) is 5.82 Å². The average Bonchev–Trinajstić information content (AvgIpc) is 2.65. The number of aliphatic imine (C=N–C) groups is 1. The molecule has 0 saturated carbocycles. The maximum absolute atomic E-state index is 13.6. The number of alkyl halides is 2. The molecule has 2 aromatic rings. The third-order valence-electron chi connectivity index (χ3n) is 3.50. The first-order chi connectivity index (χ1) is 13.0. The number of halogens is 3. The number of ether oxygens (including phenoxy) is 2. The second-order valence-electron chi connectivity index (χ2n) is 5.27. The fraction of sp³-hybridized carbons (Fsp3) is 0.333. The highest BCUT2D eigenvalue weighted by atomic mass is 19.3. The summed E-state index contributed by atoms with van der Waals surface area (Å²) in [6.07, 6.45) is 1.49. The van der Waals surface area contributed by atoms with Crippen LogP contribution < -0.4 is 20.1 Å². The number of guanidine groups is 1. The fourth-order valence-corrected chi connectivity index (χ4v) is 2.31. The molecule has 0 amide bonds. The number of aromatic nitrogens is 1. The fourth-order valence-electron chi connectivity index (χ4n) is 2.31. The molecule has 1 aromatic heterocycles. The zero-order valence-electron chi connectivity index (χ0n) is 15.0. The van der Waals surface area contributed by atoms with Gasteiger partial charge in [-0.15, -0.1) is 0 Å². The normalized spacial score (nSPS) is 11.4. The average molecular weight is 382 g/mol. The number of nitrogens with zero attached hydrogens (tertiary/aromatic N) is 2. The molecule has 27 heavy (non-hydrogen) atoms. The molecule has 0 aliphatic heterocycles. The molecule has 146 valence electrons. The Kier molecular flexibility index (Phi) is 7.72. The number of pyridine rings is 1. The van der Waals surface area contributed by atoms with Crippen molar-refractivity contribution in [2.45, 2.75) is 26.6 Å². The Morgan fingerprint density at radius 3 is 2.63 bits per heavy atom. The molecule has 0 radical (unpaired) electrons. The number of hydrogen-bond donors (Lipinski definition) is 2. The van der Waals surface area contributed by atoms with E-state index in [2.05, 4.69) is 25.3 Å². The second kappa shape index (κ2) is 10.2. The predicted molar refractivity (Wildman–Crippen MR) is 95.5 cm³/mol. The highest BCUT2D eigenvalue weighted by Crippen LogP contribution is 2.32. The zero-order valence-corrected chi connectivity index (χ0v) is 15.0. The summed E-state index contributed by atoms with van der Waals surface area (Å²) in [5.41, 5.74) is 0.703. The van der Waals surface area contributed by atoms with Gasteiger partial charge >= 0.3 is 6.61 Å². The van der Waals surface area contributed by atoms with Gasteiger partial charge in [-0.1, -0.05) is 12.1 Å². The van der Waals surface area contributed by atoms with Gasteiger partial charge in [-0.25, -0.2) is 4.39 Å². The van der Waals surface area contributed by atoms with Crippen LogP contribution in [0.5, 0.6) is 11.5 Å². The third-order valence-corrected chi connectivity index (χ3v) is 3.50. The highest BCUT2D eigenvalue weighted by Gasteiger charge is 2.16. The number of rotatable bonds is 8. The van der Waals surface area contributed by atoms with Crippen molar-refractivity contribution < 1.29 is 22.6 Å². The molecule has 9 heteroatoms. The Bertz CT molecular complexity index is 772. The summed E-state index contributed by atoms with van der Waals surface area (Å²) in [4.78, 5) is 7.96. The summed E-state index contributed by atoms with van der Waals surface area (Å²) < 4.78 is 49.1. The van der Waals surface area contributed by atoms with E-state index in [1.807, 2.05) is 0 Å². The number of hydrogen-bond acceptors (Lipinski definition) is 4. The summed E-state index contributed by atoms with van der Waals surface area (Å²) in [6.45, 7) is -0.650. The minimum absolute atomic E-state index is 0.0342. The molecule has 1 aromatic carbocycles. The molecule has 0 aliphatic carbocycles. The summed E-state index contributed by atoms with van der Waals surface area (Å²) in [7, 11) is 1.54. The SMILES string of the molecule is CCOc1cccc(CNC(=NC)NCc2ncccc2F)c1OC(F)F. The lowest BCUT2D eigenvalue weighted by Crippen LogP contribution is -2.36. The molecule has 6 nitrogen and oxygen atoms in total. The first-order valence-corrected chi connectivity index (χ1v) is 8.28. The standard InChI is InChI=1S/C18H21F3N4O2/c1-3-26-15-8-4-6-12(16(15)27-17(20)21)10-24-18(22-2)25-11-14-13(19)7-5-9-23-14/h4-9,17H,3,10-11H2,1-2H3,(H2,22,24,25). The quantitative estimate of drug-likeness (QED) is 0.543. The van der Waals surface area contributed by atoms with Gasteiger partial charge < -0.3 is 20.1 Å². The van der Waals surface area contributed by atoms with E-state index in [1.165, 1.54) is 25.4 Å². The van der Waals surface area contributed by atoms with Crippen molar-refractivity contribution in [3.05, 3.63) is 53.6 Å². The van der Waals surface area contributed by atoms with Crippen molar-refractivity contribution >= 4 is 5.96 Å². The van der Waals surface area contributed by atoms with E-state index < -0.39 is 12.4 Å². The largest absolute Gasteiger partial charge is 0.490 e. The lowest BCUT2D eigenvalue weighted by molar-refractivity contribution is -0.0520. The zero-order chi connectivity index (χ0) is 19.6. The molecular formula is C18H21F3N4O2.